The molecule has 0 unspecified atom stereocenters. The number of nitrogens with one attached hydrogen (secondary N) is 2. The van der Waals surface area contributed by atoms with Crippen molar-refractivity contribution in [3.63, 3.8) is 0 Å². The van der Waals surface area contributed by atoms with E-state index in [2.05, 4.69) is 10.9 Å². The summed E-state index contributed by atoms with van der Waals surface area (Å²) in [6.45, 7) is 4.38. The molecule has 1 heterocycles. The Kier molecular flexibility index (Phi) is 4.94. The van der Waals surface area contributed by atoms with Gasteiger partial charge < -0.3 is 4.74 Å². The summed E-state index contributed by atoms with van der Waals surface area (Å²) in [5.74, 6) is -0.000732. The molecule has 1 aromatic heterocycles. The number of rotatable bonds is 4. The smallest absolute Gasteiger partial charge is 0.279 e. The Hall–Kier alpha value is -2.34. The average Bonchev–Trinajstić information content (AvgIpc) is 2.92. The van der Waals surface area contributed by atoms with Crippen LogP contribution in [-0.2, 0) is 0 Å². The Morgan fingerprint density at radius 2 is 1.71 bits per heavy atom. The molecule has 0 spiro atoms. The van der Waals surface area contributed by atoms with Crippen molar-refractivity contribution in [2.75, 3.05) is 6.61 Å². The van der Waals surface area contributed by atoms with Crippen molar-refractivity contribution in [2.45, 2.75) is 13.8 Å². The van der Waals surface area contributed by atoms with Crippen molar-refractivity contribution in [2.24, 2.45) is 0 Å². The highest BCUT2D eigenvalue weighted by atomic mass is 32.1. The van der Waals surface area contributed by atoms with Gasteiger partial charge in [-0.05, 0) is 50.2 Å². The van der Waals surface area contributed by atoms with Gasteiger partial charge in [-0.2, -0.15) is 0 Å². The van der Waals surface area contributed by atoms with Crippen LogP contribution >= 0.6 is 11.3 Å². The summed E-state index contributed by atoms with van der Waals surface area (Å²) in [6, 6.07) is 10.3. The molecule has 0 atom stereocenters. The second-order valence-corrected chi connectivity index (χ2v) is 5.56. The number of carbonyl (C=O) groups excluding carboxylic acids is 2. The molecular weight excluding hydrogens is 288 g/mol. The maximum Gasteiger partial charge on any atom is 0.279 e. The summed E-state index contributed by atoms with van der Waals surface area (Å²) >= 11 is 1.37. The molecule has 2 amide bonds. The minimum Gasteiger partial charge on any atom is -0.494 e. The minimum atomic E-state index is -0.375. The second kappa shape index (κ2) is 6.90. The van der Waals surface area contributed by atoms with E-state index in [9.17, 15) is 9.59 Å². The molecule has 1 aromatic carbocycles. The van der Waals surface area contributed by atoms with E-state index in [-0.39, 0.29) is 11.8 Å². The average molecular weight is 304 g/mol. The van der Waals surface area contributed by atoms with Gasteiger partial charge in [0.2, 0.25) is 0 Å². The summed E-state index contributed by atoms with van der Waals surface area (Å²) in [4.78, 5) is 25.3. The summed E-state index contributed by atoms with van der Waals surface area (Å²) in [6.07, 6.45) is 0. The first-order valence-corrected chi connectivity index (χ1v) is 7.31. The van der Waals surface area contributed by atoms with Crippen LogP contribution in [0, 0.1) is 6.92 Å². The van der Waals surface area contributed by atoms with Crippen LogP contribution in [0.5, 0.6) is 5.75 Å². The number of hydrogen-bond donors (Lipinski definition) is 2. The molecular formula is C15H16N2O3S. The molecule has 110 valence electrons. The van der Waals surface area contributed by atoms with Crippen molar-refractivity contribution in [1.29, 1.82) is 0 Å². The summed E-state index contributed by atoms with van der Waals surface area (Å²) < 4.78 is 5.30. The zero-order chi connectivity index (χ0) is 15.2. The molecule has 0 aliphatic carbocycles. The zero-order valence-corrected chi connectivity index (χ0v) is 12.6. The number of hydrazine groups is 1. The van der Waals surface area contributed by atoms with Gasteiger partial charge in [-0.25, -0.2) is 0 Å². The van der Waals surface area contributed by atoms with Crippen molar-refractivity contribution in [1.82, 2.24) is 10.9 Å². The molecule has 0 aliphatic heterocycles. The predicted molar refractivity (Wildman–Crippen MR) is 81.6 cm³/mol. The minimum absolute atomic E-state index is 0.326. The summed E-state index contributed by atoms with van der Waals surface area (Å²) in [5, 5.41) is 0. The van der Waals surface area contributed by atoms with Crippen LogP contribution in [0.15, 0.2) is 36.4 Å². The number of benzene rings is 1. The third-order valence-corrected chi connectivity index (χ3v) is 3.68. The lowest BCUT2D eigenvalue weighted by Crippen LogP contribution is -2.41. The molecule has 0 fully saturated rings. The molecule has 2 aromatic rings. The Balaban J connectivity index is 1.90. The normalized spacial score (nSPS) is 10.0. The number of amides is 2. The first-order chi connectivity index (χ1) is 10.1. The number of carbonyl (C=O) groups is 2. The van der Waals surface area contributed by atoms with Crippen molar-refractivity contribution >= 4 is 23.2 Å². The SMILES string of the molecule is CCOc1ccc(C(=O)NNC(=O)c2ccc(C)s2)cc1. The predicted octanol–water partition coefficient (Wildman–Crippen LogP) is 2.53. The number of aryl methyl sites for hydroxylation is 1. The van der Waals surface area contributed by atoms with E-state index in [1.54, 1.807) is 30.3 Å². The topological polar surface area (TPSA) is 67.4 Å². The Bertz CT molecular complexity index is 635. The third kappa shape index (κ3) is 4.06. The summed E-state index contributed by atoms with van der Waals surface area (Å²) in [7, 11) is 0. The van der Waals surface area contributed by atoms with E-state index in [0.717, 1.165) is 4.88 Å². The Labute approximate surface area is 126 Å². The van der Waals surface area contributed by atoms with Crippen LogP contribution in [-0.4, -0.2) is 18.4 Å². The molecule has 21 heavy (non-hydrogen) atoms. The molecule has 6 heteroatoms. The van der Waals surface area contributed by atoms with Gasteiger partial charge in [-0.15, -0.1) is 11.3 Å². The number of ether oxygens (including phenoxy) is 1. The second-order valence-electron chi connectivity index (χ2n) is 4.28. The first-order valence-electron chi connectivity index (χ1n) is 6.50. The lowest BCUT2D eigenvalue weighted by atomic mass is 10.2. The van der Waals surface area contributed by atoms with Crippen LogP contribution in [0.1, 0.15) is 31.8 Å². The van der Waals surface area contributed by atoms with Crippen LogP contribution < -0.4 is 15.6 Å². The van der Waals surface area contributed by atoms with E-state index < -0.39 is 0 Å². The lowest BCUT2D eigenvalue weighted by molar-refractivity contribution is 0.0849. The van der Waals surface area contributed by atoms with Crippen molar-refractivity contribution < 1.29 is 14.3 Å². The molecule has 0 saturated carbocycles. The fourth-order valence-electron chi connectivity index (χ4n) is 1.67. The lowest BCUT2D eigenvalue weighted by Gasteiger charge is -2.07. The Morgan fingerprint density at radius 1 is 1.05 bits per heavy atom. The molecule has 0 saturated heterocycles. The van der Waals surface area contributed by atoms with Gasteiger partial charge in [-0.3, -0.25) is 20.4 Å². The molecule has 0 bridgehead atoms. The van der Waals surface area contributed by atoms with E-state index in [4.69, 9.17) is 4.74 Å². The molecule has 2 N–H and O–H groups in total. The third-order valence-electron chi connectivity index (χ3n) is 2.68. The monoisotopic (exact) mass is 304 g/mol. The van der Waals surface area contributed by atoms with Gasteiger partial charge >= 0.3 is 0 Å². The van der Waals surface area contributed by atoms with Gasteiger partial charge in [0.25, 0.3) is 11.8 Å². The molecule has 5 nitrogen and oxygen atoms in total. The number of hydrogen-bond acceptors (Lipinski definition) is 4. The van der Waals surface area contributed by atoms with Crippen LogP contribution in [0.3, 0.4) is 0 Å². The maximum atomic E-state index is 11.9. The van der Waals surface area contributed by atoms with E-state index in [1.807, 2.05) is 19.9 Å². The van der Waals surface area contributed by atoms with E-state index >= 15 is 0 Å². The largest absolute Gasteiger partial charge is 0.494 e. The highest BCUT2D eigenvalue weighted by Crippen LogP contribution is 2.14. The molecule has 2 rings (SSSR count). The zero-order valence-electron chi connectivity index (χ0n) is 11.8. The van der Waals surface area contributed by atoms with Crippen LogP contribution in [0.25, 0.3) is 0 Å². The van der Waals surface area contributed by atoms with Crippen molar-refractivity contribution in [3.05, 3.63) is 51.7 Å². The maximum absolute atomic E-state index is 11.9. The van der Waals surface area contributed by atoms with Gasteiger partial charge in [0.15, 0.2) is 0 Å². The van der Waals surface area contributed by atoms with Crippen LogP contribution in [0.2, 0.25) is 0 Å². The van der Waals surface area contributed by atoms with Crippen molar-refractivity contribution in [3.8, 4) is 5.75 Å². The van der Waals surface area contributed by atoms with Crippen LogP contribution in [0.4, 0.5) is 0 Å². The molecule has 0 radical (unpaired) electrons. The summed E-state index contributed by atoms with van der Waals surface area (Å²) in [5.41, 5.74) is 5.22. The van der Waals surface area contributed by atoms with Gasteiger partial charge in [0, 0.05) is 10.4 Å². The van der Waals surface area contributed by atoms with Gasteiger partial charge in [0.05, 0.1) is 11.5 Å². The Morgan fingerprint density at radius 3 is 2.29 bits per heavy atom. The van der Waals surface area contributed by atoms with E-state index in [0.29, 0.717) is 22.8 Å². The highest BCUT2D eigenvalue weighted by Gasteiger charge is 2.10. The first kappa shape index (κ1) is 15.1. The van der Waals surface area contributed by atoms with Gasteiger partial charge in [0.1, 0.15) is 5.75 Å². The van der Waals surface area contributed by atoms with Gasteiger partial charge in [-0.1, -0.05) is 0 Å². The van der Waals surface area contributed by atoms with E-state index in [1.165, 1.54) is 11.3 Å². The quantitative estimate of drug-likeness (QED) is 0.853. The number of thiophene rings is 1. The fraction of sp³-hybridized carbons (Fsp3) is 0.200. The highest BCUT2D eigenvalue weighted by molar-refractivity contribution is 7.13. The molecule has 0 aliphatic rings. The fourth-order valence-corrected chi connectivity index (χ4v) is 2.44. The standard InChI is InChI=1S/C15H16N2O3S/c1-3-20-12-7-5-11(6-8-12)14(18)16-17-15(19)13-9-4-10(2)21-13/h4-9H,3H2,1-2H3,(H,16,18)(H,17,19).